The van der Waals surface area contributed by atoms with Gasteiger partial charge in [0.1, 0.15) is 11.6 Å². The SMILES string of the molecule is COc1ccc(Cl)cc1-c1cc(-c2cccc(F)c2)n[nH]1. The van der Waals surface area contributed by atoms with Crippen LogP contribution in [0, 0.1) is 5.82 Å². The number of hydrogen-bond donors (Lipinski definition) is 1. The van der Waals surface area contributed by atoms with Crippen LogP contribution < -0.4 is 4.74 Å². The summed E-state index contributed by atoms with van der Waals surface area (Å²) >= 11 is 6.03. The third-order valence-electron chi connectivity index (χ3n) is 3.15. The van der Waals surface area contributed by atoms with Gasteiger partial charge in [0.05, 0.1) is 18.5 Å². The summed E-state index contributed by atoms with van der Waals surface area (Å²) in [6.07, 6.45) is 0. The maximum absolute atomic E-state index is 13.3. The summed E-state index contributed by atoms with van der Waals surface area (Å²) in [6.45, 7) is 0. The molecule has 5 heteroatoms. The Morgan fingerprint density at radius 3 is 2.76 bits per heavy atom. The number of nitrogens with one attached hydrogen (secondary N) is 1. The number of nitrogens with zero attached hydrogens (tertiary/aromatic N) is 1. The minimum atomic E-state index is -0.294. The lowest BCUT2D eigenvalue weighted by Crippen LogP contribution is -1.87. The number of hydrogen-bond acceptors (Lipinski definition) is 2. The lowest BCUT2D eigenvalue weighted by Gasteiger charge is -2.06. The average molecular weight is 303 g/mol. The maximum Gasteiger partial charge on any atom is 0.128 e. The van der Waals surface area contributed by atoms with Gasteiger partial charge in [-0.25, -0.2) is 4.39 Å². The zero-order valence-corrected chi connectivity index (χ0v) is 12.0. The van der Waals surface area contributed by atoms with Crippen LogP contribution in [-0.4, -0.2) is 17.3 Å². The van der Waals surface area contributed by atoms with Gasteiger partial charge < -0.3 is 4.74 Å². The summed E-state index contributed by atoms with van der Waals surface area (Å²) in [4.78, 5) is 0. The smallest absolute Gasteiger partial charge is 0.128 e. The van der Waals surface area contributed by atoms with Crippen LogP contribution in [-0.2, 0) is 0 Å². The Morgan fingerprint density at radius 1 is 1.14 bits per heavy atom. The molecule has 0 aliphatic heterocycles. The molecule has 1 aromatic heterocycles. The van der Waals surface area contributed by atoms with Crippen molar-refractivity contribution in [1.29, 1.82) is 0 Å². The van der Waals surface area contributed by atoms with E-state index in [0.29, 0.717) is 22.0 Å². The highest BCUT2D eigenvalue weighted by Gasteiger charge is 2.11. The van der Waals surface area contributed by atoms with Gasteiger partial charge >= 0.3 is 0 Å². The van der Waals surface area contributed by atoms with Crippen molar-refractivity contribution >= 4 is 11.6 Å². The zero-order chi connectivity index (χ0) is 14.8. The second-order valence-electron chi connectivity index (χ2n) is 4.52. The molecule has 0 fully saturated rings. The quantitative estimate of drug-likeness (QED) is 0.771. The van der Waals surface area contributed by atoms with Gasteiger partial charge in [-0.1, -0.05) is 23.7 Å². The number of methoxy groups -OCH3 is 1. The first-order valence-corrected chi connectivity index (χ1v) is 6.70. The number of ether oxygens (including phenoxy) is 1. The third kappa shape index (κ3) is 2.76. The Bertz CT molecular complexity index is 785. The first kappa shape index (κ1) is 13.6. The molecule has 3 aromatic rings. The normalized spacial score (nSPS) is 10.6. The van der Waals surface area contributed by atoms with Crippen LogP contribution in [0.3, 0.4) is 0 Å². The number of aromatic amines is 1. The van der Waals surface area contributed by atoms with Gasteiger partial charge in [-0.15, -0.1) is 0 Å². The number of halogens is 2. The molecule has 0 bridgehead atoms. The van der Waals surface area contributed by atoms with E-state index >= 15 is 0 Å². The lowest BCUT2D eigenvalue weighted by molar-refractivity contribution is 0.416. The number of aromatic nitrogens is 2. The van der Waals surface area contributed by atoms with E-state index in [4.69, 9.17) is 16.3 Å². The maximum atomic E-state index is 13.3. The molecule has 0 aliphatic carbocycles. The second kappa shape index (κ2) is 5.58. The van der Waals surface area contributed by atoms with Crippen molar-refractivity contribution in [3.05, 3.63) is 59.4 Å². The highest BCUT2D eigenvalue weighted by Crippen LogP contribution is 2.33. The standard InChI is InChI=1S/C16H12ClFN2O/c1-21-16-6-5-11(17)8-13(16)15-9-14(19-20-15)10-3-2-4-12(18)7-10/h2-9H,1H3,(H,19,20). The first-order valence-electron chi connectivity index (χ1n) is 6.32. The van der Waals surface area contributed by atoms with E-state index in [2.05, 4.69) is 10.2 Å². The van der Waals surface area contributed by atoms with Crippen molar-refractivity contribution in [3.8, 4) is 28.3 Å². The van der Waals surface area contributed by atoms with Gasteiger partial charge in [0, 0.05) is 16.1 Å². The fourth-order valence-corrected chi connectivity index (χ4v) is 2.32. The molecule has 0 saturated heterocycles. The summed E-state index contributed by atoms with van der Waals surface area (Å²) in [5.74, 6) is 0.395. The van der Waals surface area contributed by atoms with Crippen molar-refractivity contribution in [3.63, 3.8) is 0 Å². The van der Waals surface area contributed by atoms with Gasteiger partial charge in [-0.2, -0.15) is 5.10 Å². The summed E-state index contributed by atoms with van der Waals surface area (Å²) in [5, 5.41) is 7.75. The van der Waals surface area contributed by atoms with Gasteiger partial charge in [0.2, 0.25) is 0 Å². The van der Waals surface area contributed by atoms with Crippen LogP contribution in [0.1, 0.15) is 0 Å². The van der Waals surface area contributed by atoms with Crippen LogP contribution in [0.5, 0.6) is 5.75 Å². The molecule has 0 spiro atoms. The summed E-state index contributed by atoms with van der Waals surface area (Å²) in [7, 11) is 1.59. The van der Waals surface area contributed by atoms with Crippen LogP contribution in [0.15, 0.2) is 48.5 Å². The van der Waals surface area contributed by atoms with E-state index in [0.717, 1.165) is 11.3 Å². The molecule has 21 heavy (non-hydrogen) atoms. The van der Waals surface area contributed by atoms with E-state index in [-0.39, 0.29) is 5.82 Å². The van der Waals surface area contributed by atoms with E-state index in [1.807, 2.05) is 6.07 Å². The van der Waals surface area contributed by atoms with E-state index < -0.39 is 0 Å². The van der Waals surface area contributed by atoms with E-state index in [1.165, 1.54) is 12.1 Å². The molecule has 106 valence electrons. The predicted octanol–water partition coefficient (Wildman–Crippen LogP) is 4.54. The minimum absolute atomic E-state index is 0.294. The Labute approximate surface area is 126 Å². The average Bonchev–Trinajstić information content (AvgIpc) is 2.97. The molecule has 0 radical (unpaired) electrons. The van der Waals surface area contributed by atoms with Crippen LogP contribution in [0.4, 0.5) is 4.39 Å². The van der Waals surface area contributed by atoms with Crippen molar-refractivity contribution in [1.82, 2.24) is 10.2 Å². The van der Waals surface area contributed by atoms with E-state index in [1.54, 1.807) is 37.4 Å². The molecule has 0 aliphatic rings. The Hall–Kier alpha value is -2.33. The fourth-order valence-electron chi connectivity index (χ4n) is 2.15. The Balaban J connectivity index is 2.04. The fraction of sp³-hybridized carbons (Fsp3) is 0.0625. The molecule has 3 nitrogen and oxygen atoms in total. The minimum Gasteiger partial charge on any atom is -0.496 e. The van der Waals surface area contributed by atoms with Crippen molar-refractivity contribution in [2.24, 2.45) is 0 Å². The number of rotatable bonds is 3. The topological polar surface area (TPSA) is 37.9 Å². The molecule has 0 atom stereocenters. The van der Waals surface area contributed by atoms with Gasteiger partial charge in [0.15, 0.2) is 0 Å². The second-order valence-corrected chi connectivity index (χ2v) is 4.96. The largest absolute Gasteiger partial charge is 0.496 e. The van der Waals surface area contributed by atoms with Gasteiger partial charge in [0.25, 0.3) is 0 Å². The van der Waals surface area contributed by atoms with E-state index in [9.17, 15) is 4.39 Å². The van der Waals surface area contributed by atoms with Crippen LogP contribution in [0.2, 0.25) is 5.02 Å². The van der Waals surface area contributed by atoms with Gasteiger partial charge in [-0.3, -0.25) is 5.10 Å². The molecule has 0 saturated carbocycles. The molecule has 0 unspecified atom stereocenters. The van der Waals surface area contributed by atoms with Crippen LogP contribution >= 0.6 is 11.6 Å². The Morgan fingerprint density at radius 2 is 2.00 bits per heavy atom. The highest BCUT2D eigenvalue weighted by atomic mass is 35.5. The number of H-pyrrole nitrogens is 1. The molecule has 1 heterocycles. The molecular weight excluding hydrogens is 291 g/mol. The Kier molecular flexibility index (Phi) is 3.62. The third-order valence-corrected chi connectivity index (χ3v) is 3.39. The molecule has 0 amide bonds. The molecule has 2 aromatic carbocycles. The van der Waals surface area contributed by atoms with Crippen molar-refractivity contribution in [2.75, 3.05) is 7.11 Å². The zero-order valence-electron chi connectivity index (χ0n) is 11.2. The molecule has 3 rings (SSSR count). The predicted molar refractivity (Wildman–Crippen MR) is 81.0 cm³/mol. The monoisotopic (exact) mass is 302 g/mol. The highest BCUT2D eigenvalue weighted by molar-refractivity contribution is 6.30. The summed E-state index contributed by atoms with van der Waals surface area (Å²) in [6, 6.07) is 13.5. The first-order chi connectivity index (χ1) is 10.2. The van der Waals surface area contributed by atoms with Crippen LogP contribution in [0.25, 0.3) is 22.5 Å². The lowest BCUT2D eigenvalue weighted by atomic mass is 10.1. The molecular formula is C16H12ClFN2O. The molecule has 1 N–H and O–H groups in total. The van der Waals surface area contributed by atoms with Crippen molar-refractivity contribution < 1.29 is 9.13 Å². The van der Waals surface area contributed by atoms with Crippen molar-refractivity contribution in [2.45, 2.75) is 0 Å². The van der Waals surface area contributed by atoms with Gasteiger partial charge in [-0.05, 0) is 36.4 Å². The summed E-state index contributed by atoms with van der Waals surface area (Å²) in [5.41, 5.74) is 2.93. The summed E-state index contributed by atoms with van der Waals surface area (Å²) < 4.78 is 18.6. The number of benzene rings is 2.